The first kappa shape index (κ1) is 16.1. The second-order valence-electron chi connectivity index (χ2n) is 3.11. The Morgan fingerprint density at radius 1 is 1.57 bits per heavy atom. The summed E-state index contributed by atoms with van der Waals surface area (Å²) in [5.74, 6) is 1.97. The van der Waals surface area contributed by atoms with Crippen LogP contribution < -0.4 is 5.73 Å². The molecule has 0 aromatic carbocycles. The quantitative estimate of drug-likeness (QED) is 0.545. The Morgan fingerprint density at radius 3 is 2.43 bits per heavy atom. The highest BCUT2D eigenvalue weighted by Crippen LogP contribution is 2.05. The maximum absolute atomic E-state index is 10.5. The first-order valence-electron chi connectivity index (χ1n) is 4.77. The lowest BCUT2D eigenvalue weighted by atomic mass is 10.2. The summed E-state index contributed by atoms with van der Waals surface area (Å²) >= 11 is 1.70. The molecule has 0 spiro atoms. The summed E-state index contributed by atoms with van der Waals surface area (Å²) in [6.45, 7) is 5.08. The van der Waals surface area contributed by atoms with Crippen LogP contribution >= 0.6 is 11.8 Å². The minimum atomic E-state index is 0.260. The molecule has 1 unspecified atom stereocenters. The molecule has 0 bridgehead atoms. The number of hydrogen-bond donors (Lipinski definition) is 1. The van der Waals surface area contributed by atoms with E-state index in [2.05, 4.69) is 0 Å². The largest absolute Gasteiger partial charge is 0.328 e. The molecule has 0 heterocycles. The monoisotopic (exact) mass is 219 g/mol. The predicted octanol–water partition coefficient (Wildman–Crippen LogP) is 1.64. The summed E-state index contributed by atoms with van der Waals surface area (Å²) in [5, 5.41) is 0. The second-order valence-corrected chi connectivity index (χ2v) is 4.21. The van der Waals surface area contributed by atoms with Gasteiger partial charge in [0.2, 0.25) is 0 Å². The molecule has 84 valence electrons. The summed E-state index contributed by atoms with van der Waals surface area (Å²) < 4.78 is 0. The van der Waals surface area contributed by atoms with Crippen molar-refractivity contribution in [3.05, 3.63) is 0 Å². The number of hydrogen-bond acceptors (Lipinski definition) is 4. The number of aldehydes is 1. The maximum atomic E-state index is 10.5. The van der Waals surface area contributed by atoms with Crippen LogP contribution in [0.3, 0.4) is 0 Å². The first-order chi connectivity index (χ1) is 6.54. The molecule has 0 aliphatic heterocycles. The second kappa shape index (κ2) is 12.7. The van der Waals surface area contributed by atoms with Gasteiger partial charge in [0.15, 0.2) is 0 Å². The van der Waals surface area contributed by atoms with Gasteiger partial charge in [-0.05, 0) is 39.4 Å². The lowest BCUT2D eigenvalue weighted by Crippen LogP contribution is -2.14. The van der Waals surface area contributed by atoms with E-state index in [1.54, 1.807) is 18.7 Å². The van der Waals surface area contributed by atoms with Gasteiger partial charge in [-0.15, -0.1) is 0 Å². The van der Waals surface area contributed by atoms with Crippen molar-refractivity contribution in [3.8, 4) is 0 Å². The number of carbonyl (C=O) groups excluding carboxylic acids is 2. The SMILES string of the molecule is CC(=O)CSCCCC(C)N.CC=O. The van der Waals surface area contributed by atoms with Gasteiger partial charge in [0, 0.05) is 6.04 Å². The Balaban J connectivity index is 0. The van der Waals surface area contributed by atoms with E-state index in [-0.39, 0.29) is 5.78 Å². The lowest BCUT2D eigenvalue weighted by Gasteiger charge is -2.02. The van der Waals surface area contributed by atoms with E-state index < -0.39 is 0 Å². The number of Topliss-reactive ketones (excluding diaryl/α,β-unsaturated/α-hetero) is 1. The number of ketones is 1. The minimum absolute atomic E-state index is 0.260. The van der Waals surface area contributed by atoms with Crippen molar-refractivity contribution < 1.29 is 9.59 Å². The molecule has 0 aromatic rings. The van der Waals surface area contributed by atoms with Crippen LogP contribution in [-0.2, 0) is 9.59 Å². The fourth-order valence-electron chi connectivity index (χ4n) is 0.723. The molecule has 4 heteroatoms. The van der Waals surface area contributed by atoms with Gasteiger partial charge < -0.3 is 10.5 Å². The topological polar surface area (TPSA) is 60.2 Å². The Morgan fingerprint density at radius 2 is 2.07 bits per heavy atom. The Bertz CT molecular complexity index is 149. The van der Waals surface area contributed by atoms with Gasteiger partial charge in [0.05, 0.1) is 5.75 Å². The fourth-order valence-corrected chi connectivity index (χ4v) is 1.53. The zero-order chi connectivity index (χ0) is 11.4. The predicted molar refractivity (Wildman–Crippen MR) is 62.6 cm³/mol. The standard InChI is InChI=1S/C8H17NOS.C2H4O/c1-7(9)4-3-5-11-6-8(2)10;1-2-3/h7H,3-6,9H2,1-2H3;2H,1H3. The smallest absolute Gasteiger partial charge is 0.139 e. The van der Waals surface area contributed by atoms with Crippen molar-refractivity contribution in [1.82, 2.24) is 0 Å². The van der Waals surface area contributed by atoms with E-state index in [0.29, 0.717) is 11.8 Å². The molecule has 0 aliphatic rings. The third-order valence-corrected chi connectivity index (χ3v) is 2.44. The van der Waals surface area contributed by atoms with Crippen LogP contribution in [0.5, 0.6) is 0 Å². The van der Waals surface area contributed by atoms with E-state index in [1.807, 2.05) is 6.92 Å². The van der Waals surface area contributed by atoms with E-state index in [4.69, 9.17) is 10.5 Å². The first-order valence-corrected chi connectivity index (χ1v) is 5.92. The van der Waals surface area contributed by atoms with Gasteiger partial charge in [-0.3, -0.25) is 4.79 Å². The molecule has 0 saturated heterocycles. The highest BCUT2D eigenvalue weighted by Gasteiger charge is 1.95. The fraction of sp³-hybridized carbons (Fsp3) is 0.800. The van der Waals surface area contributed by atoms with Crippen LogP contribution in [0.1, 0.15) is 33.6 Å². The van der Waals surface area contributed by atoms with Crippen molar-refractivity contribution in [1.29, 1.82) is 0 Å². The van der Waals surface area contributed by atoms with E-state index >= 15 is 0 Å². The van der Waals surface area contributed by atoms with Crippen LogP contribution in [0.25, 0.3) is 0 Å². The van der Waals surface area contributed by atoms with Crippen molar-refractivity contribution in [3.63, 3.8) is 0 Å². The number of carbonyl (C=O) groups is 2. The van der Waals surface area contributed by atoms with Gasteiger partial charge >= 0.3 is 0 Å². The van der Waals surface area contributed by atoms with Crippen molar-refractivity contribution in [2.45, 2.75) is 39.7 Å². The van der Waals surface area contributed by atoms with Crippen molar-refractivity contribution in [2.24, 2.45) is 5.73 Å². The molecule has 0 amide bonds. The number of thioether (sulfide) groups is 1. The third-order valence-electron chi connectivity index (χ3n) is 1.25. The molecule has 0 fully saturated rings. The van der Waals surface area contributed by atoms with Crippen molar-refractivity contribution in [2.75, 3.05) is 11.5 Å². The molecule has 1 atom stereocenters. The zero-order valence-electron chi connectivity index (χ0n) is 9.29. The van der Waals surface area contributed by atoms with Crippen LogP contribution in [0, 0.1) is 0 Å². The highest BCUT2D eigenvalue weighted by atomic mass is 32.2. The number of nitrogens with two attached hydrogens (primary N) is 1. The maximum Gasteiger partial charge on any atom is 0.139 e. The number of rotatable bonds is 6. The average molecular weight is 219 g/mol. The Hall–Kier alpha value is -0.350. The molecule has 0 aromatic heterocycles. The minimum Gasteiger partial charge on any atom is -0.328 e. The van der Waals surface area contributed by atoms with E-state index in [0.717, 1.165) is 24.9 Å². The van der Waals surface area contributed by atoms with Crippen LogP contribution in [0.4, 0.5) is 0 Å². The summed E-state index contributed by atoms with van der Waals surface area (Å²) in [6.07, 6.45) is 2.93. The Kier molecular flexibility index (Phi) is 14.5. The van der Waals surface area contributed by atoms with Gasteiger partial charge in [0.1, 0.15) is 12.1 Å². The Labute approximate surface area is 90.8 Å². The van der Waals surface area contributed by atoms with Crippen LogP contribution in [-0.4, -0.2) is 29.6 Å². The molecular weight excluding hydrogens is 198 g/mol. The van der Waals surface area contributed by atoms with E-state index in [1.165, 1.54) is 6.92 Å². The zero-order valence-corrected chi connectivity index (χ0v) is 10.1. The van der Waals surface area contributed by atoms with Gasteiger partial charge in [-0.25, -0.2) is 0 Å². The van der Waals surface area contributed by atoms with Crippen LogP contribution in [0.2, 0.25) is 0 Å². The van der Waals surface area contributed by atoms with Crippen molar-refractivity contribution >= 4 is 23.8 Å². The lowest BCUT2D eigenvalue weighted by molar-refractivity contribution is -0.114. The highest BCUT2D eigenvalue weighted by molar-refractivity contribution is 7.99. The van der Waals surface area contributed by atoms with Gasteiger partial charge in [0.25, 0.3) is 0 Å². The molecular formula is C10H21NO2S. The molecule has 2 N–H and O–H groups in total. The molecule has 0 radical (unpaired) electrons. The molecule has 3 nitrogen and oxygen atoms in total. The molecule has 0 rings (SSSR count). The van der Waals surface area contributed by atoms with Crippen LogP contribution in [0.15, 0.2) is 0 Å². The molecule has 14 heavy (non-hydrogen) atoms. The van der Waals surface area contributed by atoms with E-state index in [9.17, 15) is 4.79 Å². The summed E-state index contributed by atoms with van der Waals surface area (Å²) in [5.41, 5.74) is 5.56. The van der Waals surface area contributed by atoms with Gasteiger partial charge in [-0.1, -0.05) is 0 Å². The molecule has 0 aliphatic carbocycles. The molecule has 0 saturated carbocycles. The summed E-state index contributed by atoms with van der Waals surface area (Å²) in [6, 6.07) is 0.299. The third kappa shape index (κ3) is 22.6. The average Bonchev–Trinajstić information content (AvgIpc) is 2.04. The normalized spacial score (nSPS) is 11.1. The summed E-state index contributed by atoms with van der Waals surface area (Å²) in [4.78, 5) is 19.3. The van der Waals surface area contributed by atoms with Gasteiger partial charge in [-0.2, -0.15) is 11.8 Å². The summed E-state index contributed by atoms with van der Waals surface area (Å²) in [7, 11) is 0.